The molecule has 0 spiro atoms. The van der Waals surface area contributed by atoms with Crippen LogP contribution < -0.4 is 10.6 Å². The minimum Gasteiger partial charge on any atom is -0.355 e. The van der Waals surface area contributed by atoms with Crippen LogP contribution in [0.2, 0.25) is 0 Å². The lowest BCUT2D eigenvalue weighted by molar-refractivity contribution is 0.600. The SMILES string of the molecule is CC(N)Cc1c(N(C)C(C)C2CC2)nc2ccccn12. The smallest absolute Gasteiger partial charge is 0.151 e. The Bertz CT molecular complexity index is 598. The summed E-state index contributed by atoms with van der Waals surface area (Å²) >= 11 is 0. The van der Waals surface area contributed by atoms with Crippen LogP contribution in [0.5, 0.6) is 0 Å². The molecule has 1 aliphatic rings. The molecular weight excluding hydrogens is 248 g/mol. The zero-order valence-electron chi connectivity index (χ0n) is 12.6. The normalized spacial score (nSPS) is 18.2. The maximum absolute atomic E-state index is 6.03. The van der Waals surface area contributed by atoms with Crippen LogP contribution in [0.3, 0.4) is 0 Å². The second kappa shape index (κ2) is 5.09. The van der Waals surface area contributed by atoms with Crippen molar-refractivity contribution in [1.82, 2.24) is 9.38 Å². The summed E-state index contributed by atoms with van der Waals surface area (Å²) in [6, 6.07) is 6.83. The zero-order chi connectivity index (χ0) is 14.3. The summed E-state index contributed by atoms with van der Waals surface area (Å²) in [7, 11) is 2.16. The Labute approximate surface area is 120 Å². The number of anilines is 1. The molecule has 1 fully saturated rings. The van der Waals surface area contributed by atoms with E-state index in [1.54, 1.807) is 0 Å². The molecule has 2 aromatic rings. The Hall–Kier alpha value is -1.55. The summed E-state index contributed by atoms with van der Waals surface area (Å²) in [4.78, 5) is 7.17. The van der Waals surface area contributed by atoms with Gasteiger partial charge in [0.2, 0.25) is 0 Å². The first-order valence-corrected chi connectivity index (χ1v) is 7.52. The third kappa shape index (κ3) is 2.40. The van der Waals surface area contributed by atoms with Gasteiger partial charge in [0, 0.05) is 31.7 Å². The first-order chi connectivity index (χ1) is 9.58. The average molecular weight is 272 g/mol. The number of fused-ring (bicyclic) bond motifs is 1. The van der Waals surface area contributed by atoms with Gasteiger partial charge in [-0.25, -0.2) is 4.98 Å². The van der Waals surface area contributed by atoms with Gasteiger partial charge < -0.3 is 15.0 Å². The second-order valence-electron chi connectivity index (χ2n) is 6.18. The van der Waals surface area contributed by atoms with E-state index in [0.717, 1.165) is 23.8 Å². The highest BCUT2D eigenvalue weighted by Gasteiger charge is 2.32. The van der Waals surface area contributed by atoms with Gasteiger partial charge in [0.1, 0.15) is 5.65 Å². The van der Waals surface area contributed by atoms with Crippen LogP contribution in [0.1, 0.15) is 32.4 Å². The van der Waals surface area contributed by atoms with Crippen LogP contribution in [0.4, 0.5) is 5.82 Å². The number of nitrogens with zero attached hydrogens (tertiary/aromatic N) is 3. The van der Waals surface area contributed by atoms with E-state index in [1.807, 2.05) is 12.1 Å². The van der Waals surface area contributed by atoms with Crippen LogP contribution in [-0.2, 0) is 6.42 Å². The number of nitrogens with two attached hydrogens (primary N) is 1. The Balaban J connectivity index is 2.03. The van der Waals surface area contributed by atoms with E-state index in [2.05, 4.69) is 42.5 Å². The molecule has 2 unspecified atom stereocenters. The lowest BCUT2D eigenvalue weighted by Crippen LogP contribution is -2.32. The van der Waals surface area contributed by atoms with Gasteiger partial charge in [-0.2, -0.15) is 0 Å². The molecule has 0 amide bonds. The van der Waals surface area contributed by atoms with Crippen LogP contribution in [0.25, 0.3) is 5.65 Å². The van der Waals surface area contributed by atoms with Crippen molar-refractivity contribution < 1.29 is 0 Å². The Morgan fingerprint density at radius 2 is 2.15 bits per heavy atom. The molecule has 3 rings (SSSR count). The molecule has 4 nitrogen and oxygen atoms in total. The fraction of sp³-hybridized carbons (Fsp3) is 0.562. The van der Waals surface area contributed by atoms with Gasteiger partial charge in [-0.15, -0.1) is 0 Å². The van der Waals surface area contributed by atoms with Crippen LogP contribution in [0.15, 0.2) is 24.4 Å². The first-order valence-electron chi connectivity index (χ1n) is 7.52. The second-order valence-corrected chi connectivity index (χ2v) is 6.18. The van der Waals surface area contributed by atoms with E-state index in [4.69, 9.17) is 10.7 Å². The van der Waals surface area contributed by atoms with Gasteiger partial charge in [0.25, 0.3) is 0 Å². The molecule has 2 heterocycles. The average Bonchev–Trinajstić information content (AvgIpc) is 3.21. The fourth-order valence-electron chi connectivity index (χ4n) is 2.90. The predicted molar refractivity (Wildman–Crippen MR) is 83.1 cm³/mol. The maximum atomic E-state index is 6.03. The van der Waals surface area contributed by atoms with Crippen molar-refractivity contribution in [2.45, 2.75) is 45.2 Å². The molecule has 4 heteroatoms. The molecule has 2 aromatic heterocycles. The van der Waals surface area contributed by atoms with E-state index in [9.17, 15) is 0 Å². The number of hydrogen-bond acceptors (Lipinski definition) is 3. The summed E-state index contributed by atoms with van der Waals surface area (Å²) in [5.74, 6) is 1.92. The molecule has 2 N–H and O–H groups in total. The lowest BCUT2D eigenvalue weighted by Gasteiger charge is -2.26. The molecule has 2 atom stereocenters. The number of pyridine rings is 1. The van der Waals surface area contributed by atoms with Crippen LogP contribution in [-0.4, -0.2) is 28.5 Å². The molecule has 0 aliphatic heterocycles. The predicted octanol–water partition coefficient (Wildman–Crippen LogP) is 2.46. The van der Waals surface area contributed by atoms with Gasteiger partial charge in [-0.05, 0) is 44.7 Å². The quantitative estimate of drug-likeness (QED) is 0.909. The largest absolute Gasteiger partial charge is 0.355 e. The third-order valence-corrected chi connectivity index (χ3v) is 4.37. The third-order valence-electron chi connectivity index (χ3n) is 4.37. The minimum atomic E-state index is 0.137. The monoisotopic (exact) mass is 272 g/mol. The minimum absolute atomic E-state index is 0.137. The molecule has 0 saturated heterocycles. The molecule has 0 bridgehead atoms. The van der Waals surface area contributed by atoms with Crippen LogP contribution in [0, 0.1) is 5.92 Å². The van der Waals surface area contributed by atoms with E-state index in [1.165, 1.54) is 18.5 Å². The molecule has 0 aromatic carbocycles. The Morgan fingerprint density at radius 3 is 2.80 bits per heavy atom. The van der Waals surface area contributed by atoms with Gasteiger partial charge in [-0.3, -0.25) is 0 Å². The fourth-order valence-corrected chi connectivity index (χ4v) is 2.90. The number of imidazole rings is 1. The van der Waals surface area contributed by atoms with Crippen molar-refractivity contribution in [2.24, 2.45) is 11.7 Å². The number of aromatic nitrogens is 2. The van der Waals surface area contributed by atoms with E-state index in [0.29, 0.717) is 6.04 Å². The summed E-state index contributed by atoms with van der Waals surface area (Å²) in [5, 5.41) is 0. The van der Waals surface area contributed by atoms with E-state index >= 15 is 0 Å². The van der Waals surface area contributed by atoms with Crippen LogP contribution >= 0.6 is 0 Å². The maximum Gasteiger partial charge on any atom is 0.151 e. The molecule has 0 radical (unpaired) electrons. The van der Waals surface area contributed by atoms with Crippen molar-refractivity contribution in [2.75, 3.05) is 11.9 Å². The summed E-state index contributed by atoms with van der Waals surface area (Å²) in [6.45, 7) is 4.35. The van der Waals surface area contributed by atoms with Crippen molar-refractivity contribution >= 4 is 11.5 Å². The Kier molecular flexibility index (Phi) is 3.42. The number of hydrogen-bond donors (Lipinski definition) is 1. The standard InChI is InChI=1S/C16H24N4/c1-11(17)10-14-16(19(3)12(2)13-7-8-13)18-15-6-4-5-9-20(14)15/h4-6,9,11-13H,7-8,10,17H2,1-3H3. The summed E-state index contributed by atoms with van der Waals surface area (Å²) in [6.07, 6.45) is 5.63. The summed E-state index contributed by atoms with van der Waals surface area (Å²) < 4.78 is 2.18. The molecule has 108 valence electrons. The van der Waals surface area contributed by atoms with Crippen molar-refractivity contribution in [3.8, 4) is 0 Å². The number of rotatable bonds is 5. The highest BCUT2D eigenvalue weighted by Crippen LogP contribution is 2.37. The van der Waals surface area contributed by atoms with Crippen molar-refractivity contribution in [3.05, 3.63) is 30.1 Å². The van der Waals surface area contributed by atoms with Gasteiger partial charge in [0.05, 0.1) is 5.69 Å². The lowest BCUT2D eigenvalue weighted by atomic mass is 10.1. The van der Waals surface area contributed by atoms with Gasteiger partial charge in [-0.1, -0.05) is 6.07 Å². The highest BCUT2D eigenvalue weighted by atomic mass is 15.2. The van der Waals surface area contributed by atoms with E-state index in [-0.39, 0.29) is 6.04 Å². The molecule has 1 aliphatic carbocycles. The first kappa shape index (κ1) is 13.4. The zero-order valence-corrected chi connectivity index (χ0v) is 12.6. The van der Waals surface area contributed by atoms with Gasteiger partial charge >= 0.3 is 0 Å². The Morgan fingerprint density at radius 1 is 1.40 bits per heavy atom. The van der Waals surface area contributed by atoms with Crippen molar-refractivity contribution in [1.29, 1.82) is 0 Å². The highest BCUT2D eigenvalue weighted by molar-refractivity contribution is 5.56. The topological polar surface area (TPSA) is 46.6 Å². The molecule has 1 saturated carbocycles. The van der Waals surface area contributed by atoms with Gasteiger partial charge in [0.15, 0.2) is 5.82 Å². The molecule has 20 heavy (non-hydrogen) atoms. The molecular formula is C16H24N4. The van der Waals surface area contributed by atoms with E-state index < -0.39 is 0 Å². The summed E-state index contributed by atoms with van der Waals surface area (Å²) in [5.41, 5.74) is 8.27. The van der Waals surface area contributed by atoms with Crippen molar-refractivity contribution in [3.63, 3.8) is 0 Å².